The molecule has 0 aliphatic heterocycles. The third-order valence-corrected chi connectivity index (χ3v) is 6.90. The Balaban J connectivity index is 1.42. The molecule has 0 bridgehead atoms. The van der Waals surface area contributed by atoms with Gasteiger partial charge in [-0.05, 0) is 86.8 Å². The fourth-order valence-corrected chi connectivity index (χ4v) is 4.81. The van der Waals surface area contributed by atoms with Crippen molar-refractivity contribution in [2.24, 2.45) is 5.92 Å². The monoisotopic (exact) mass is 484 g/mol. The molecule has 6 heteroatoms. The number of hydrogen-bond acceptors (Lipinski definition) is 3. The van der Waals surface area contributed by atoms with Crippen LogP contribution in [0.1, 0.15) is 56.6 Å². The van der Waals surface area contributed by atoms with Crippen LogP contribution in [0.4, 0.5) is 13.2 Å². The summed E-state index contributed by atoms with van der Waals surface area (Å²) < 4.78 is 55.2. The Hall–Kier alpha value is -2.99. The van der Waals surface area contributed by atoms with E-state index in [4.69, 9.17) is 9.47 Å². The molecule has 3 aromatic rings. The van der Waals surface area contributed by atoms with Gasteiger partial charge in [-0.3, -0.25) is 0 Å². The Morgan fingerprint density at radius 3 is 2.17 bits per heavy atom. The van der Waals surface area contributed by atoms with E-state index < -0.39 is 17.5 Å². The van der Waals surface area contributed by atoms with Crippen molar-refractivity contribution in [2.45, 2.75) is 58.2 Å². The molecule has 1 unspecified atom stereocenters. The zero-order chi connectivity index (χ0) is 24.9. The third kappa shape index (κ3) is 5.81. The highest BCUT2D eigenvalue weighted by atomic mass is 19.2. The number of rotatable bonds is 8. The number of benzene rings is 3. The molecule has 0 amide bonds. The highest BCUT2D eigenvalue weighted by Gasteiger charge is 2.28. The van der Waals surface area contributed by atoms with Crippen LogP contribution < -0.4 is 9.47 Å². The smallest absolute Gasteiger partial charge is 0.166 e. The van der Waals surface area contributed by atoms with Crippen LogP contribution in [-0.2, 0) is 6.61 Å². The minimum Gasteiger partial charge on any atom is -0.494 e. The molecule has 0 aromatic heterocycles. The number of halogens is 3. The fourth-order valence-electron chi connectivity index (χ4n) is 4.81. The van der Waals surface area contributed by atoms with E-state index in [0.29, 0.717) is 34.8 Å². The molecule has 3 aromatic carbocycles. The summed E-state index contributed by atoms with van der Waals surface area (Å²) in [5.41, 5.74) is 1.52. The molecule has 1 N–H and O–H groups in total. The molecular formula is C29H31F3O3. The lowest BCUT2D eigenvalue weighted by Gasteiger charge is -2.30. The molecule has 35 heavy (non-hydrogen) atoms. The largest absolute Gasteiger partial charge is 0.494 e. The Morgan fingerprint density at radius 2 is 1.54 bits per heavy atom. The van der Waals surface area contributed by atoms with Gasteiger partial charge in [0.25, 0.3) is 0 Å². The fraction of sp³-hybridized carbons (Fsp3) is 0.379. The summed E-state index contributed by atoms with van der Waals surface area (Å²) in [5.74, 6) is -0.915. The van der Waals surface area contributed by atoms with Crippen molar-refractivity contribution in [1.29, 1.82) is 0 Å². The van der Waals surface area contributed by atoms with Gasteiger partial charge >= 0.3 is 0 Å². The van der Waals surface area contributed by atoms with Crippen molar-refractivity contribution in [3.05, 3.63) is 83.2 Å². The highest BCUT2D eigenvalue weighted by Crippen LogP contribution is 2.40. The second-order valence-electron chi connectivity index (χ2n) is 9.18. The van der Waals surface area contributed by atoms with Gasteiger partial charge in [0, 0.05) is 17.2 Å². The van der Waals surface area contributed by atoms with Crippen molar-refractivity contribution in [2.75, 3.05) is 6.61 Å². The summed E-state index contributed by atoms with van der Waals surface area (Å²) in [4.78, 5) is 0. The van der Waals surface area contributed by atoms with Crippen molar-refractivity contribution >= 4 is 0 Å². The summed E-state index contributed by atoms with van der Waals surface area (Å²) in [6.45, 7) is 4.11. The van der Waals surface area contributed by atoms with Crippen LogP contribution in [0.15, 0.2) is 54.6 Å². The molecule has 0 heterocycles. The Bertz CT molecular complexity index is 1140. The van der Waals surface area contributed by atoms with E-state index in [1.165, 1.54) is 6.07 Å². The van der Waals surface area contributed by atoms with Crippen molar-refractivity contribution in [3.63, 3.8) is 0 Å². The first-order valence-corrected chi connectivity index (χ1v) is 12.2. The van der Waals surface area contributed by atoms with Crippen LogP contribution in [0.2, 0.25) is 0 Å². The lowest BCUT2D eigenvalue weighted by atomic mass is 9.76. The maximum absolute atomic E-state index is 15.0. The van der Waals surface area contributed by atoms with Crippen LogP contribution in [0.5, 0.6) is 11.5 Å². The van der Waals surface area contributed by atoms with E-state index in [1.807, 2.05) is 6.92 Å². The topological polar surface area (TPSA) is 38.7 Å². The Kier molecular flexibility index (Phi) is 8.01. The van der Waals surface area contributed by atoms with Gasteiger partial charge < -0.3 is 14.6 Å². The SMILES string of the molecule is CCOc1ccc(COc2ccc(-c3ccc(C4CCC(C(C)O)CC4)c(F)c3F)cc2)c(F)c1. The van der Waals surface area contributed by atoms with Gasteiger partial charge in [0.05, 0.1) is 12.7 Å². The van der Waals surface area contributed by atoms with Crippen LogP contribution in [0.3, 0.4) is 0 Å². The lowest BCUT2D eigenvalue weighted by Crippen LogP contribution is -2.23. The van der Waals surface area contributed by atoms with E-state index in [-0.39, 0.29) is 30.1 Å². The van der Waals surface area contributed by atoms with Gasteiger partial charge in [0.2, 0.25) is 0 Å². The van der Waals surface area contributed by atoms with Crippen molar-refractivity contribution in [3.8, 4) is 22.6 Å². The molecule has 4 rings (SSSR count). The minimum absolute atomic E-state index is 0.0343. The predicted molar refractivity (Wildman–Crippen MR) is 130 cm³/mol. The van der Waals surface area contributed by atoms with Crippen LogP contribution >= 0.6 is 0 Å². The first-order chi connectivity index (χ1) is 16.9. The average Bonchev–Trinajstić information content (AvgIpc) is 2.86. The maximum Gasteiger partial charge on any atom is 0.166 e. The van der Waals surface area contributed by atoms with E-state index in [9.17, 15) is 13.9 Å². The Morgan fingerprint density at radius 1 is 0.857 bits per heavy atom. The molecule has 1 atom stereocenters. The zero-order valence-electron chi connectivity index (χ0n) is 20.1. The molecule has 0 saturated heterocycles. The van der Waals surface area contributed by atoms with Gasteiger partial charge in [0.15, 0.2) is 11.6 Å². The van der Waals surface area contributed by atoms with Crippen LogP contribution in [0.25, 0.3) is 11.1 Å². The number of aliphatic hydroxyl groups excluding tert-OH is 1. The molecule has 1 aliphatic carbocycles. The van der Waals surface area contributed by atoms with E-state index in [0.717, 1.165) is 25.7 Å². The van der Waals surface area contributed by atoms with E-state index in [2.05, 4.69) is 0 Å². The molecular weight excluding hydrogens is 453 g/mol. The lowest BCUT2D eigenvalue weighted by molar-refractivity contribution is 0.0964. The predicted octanol–water partition coefficient (Wildman–Crippen LogP) is 7.40. The first-order valence-electron chi connectivity index (χ1n) is 12.2. The van der Waals surface area contributed by atoms with Crippen LogP contribution in [0, 0.1) is 23.4 Å². The second kappa shape index (κ2) is 11.2. The third-order valence-electron chi connectivity index (χ3n) is 6.90. The molecule has 1 fully saturated rings. The summed E-state index contributed by atoms with van der Waals surface area (Å²) in [7, 11) is 0. The molecule has 0 radical (unpaired) electrons. The van der Waals surface area contributed by atoms with Gasteiger partial charge in [0.1, 0.15) is 23.9 Å². The molecule has 186 valence electrons. The zero-order valence-corrected chi connectivity index (χ0v) is 20.1. The second-order valence-corrected chi connectivity index (χ2v) is 9.18. The minimum atomic E-state index is -0.856. The molecule has 1 aliphatic rings. The number of hydrogen-bond donors (Lipinski definition) is 1. The summed E-state index contributed by atoms with van der Waals surface area (Å²) in [5, 5.41) is 9.78. The quantitative estimate of drug-likeness (QED) is 0.362. The first kappa shape index (κ1) is 25.1. The number of aliphatic hydroxyl groups is 1. The van der Waals surface area contributed by atoms with Crippen molar-refractivity contribution < 1.29 is 27.8 Å². The number of ether oxygens (including phenoxy) is 2. The van der Waals surface area contributed by atoms with E-state index in [1.54, 1.807) is 55.5 Å². The molecule has 0 spiro atoms. The van der Waals surface area contributed by atoms with Gasteiger partial charge in [-0.2, -0.15) is 0 Å². The average molecular weight is 485 g/mol. The summed E-state index contributed by atoms with van der Waals surface area (Å²) in [6.07, 6.45) is 2.74. The van der Waals surface area contributed by atoms with Gasteiger partial charge in [-0.1, -0.05) is 24.3 Å². The van der Waals surface area contributed by atoms with E-state index >= 15 is 4.39 Å². The molecule has 3 nitrogen and oxygen atoms in total. The van der Waals surface area contributed by atoms with Gasteiger partial charge in [-0.25, -0.2) is 13.2 Å². The van der Waals surface area contributed by atoms with Crippen LogP contribution in [-0.4, -0.2) is 17.8 Å². The maximum atomic E-state index is 15.0. The standard InChI is InChI=1S/C29H31F3O3/c1-3-34-24-13-10-22(27(30)16-24)17-35-23-11-8-21(9-12-23)26-15-14-25(28(31)29(26)32)20-6-4-19(5-7-20)18(2)33/h8-16,18-20,33H,3-7,17H2,1-2H3. The normalized spacial score (nSPS) is 18.8. The van der Waals surface area contributed by atoms with Crippen molar-refractivity contribution in [1.82, 2.24) is 0 Å². The summed E-state index contributed by atoms with van der Waals surface area (Å²) in [6, 6.07) is 14.6. The summed E-state index contributed by atoms with van der Waals surface area (Å²) >= 11 is 0. The van der Waals surface area contributed by atoms with Gasteiger partial charge in [-0.15, -0.1) is 0 Å². The highest BCUT2D eigenvalue weighted by molar-refractivity contribution is 5.65. The Labute approximate surface area is 204 Å². The molecule has 1 saturated carbocycles.